The van der Waals surface area contributed by atoms with Crippen molar-refractivity contribution in [2.24, 2.45) is 10.4 Å². The zero-order chi connectivity index (χ0) is 19.0. The fourth-order valence-electron chi connectivity index (χ4n) is 2.87. The molecule has 0 bridgehead atoms. The van der Waals surface area contributed by atoms with Crippen LogP contribution in [0.1, 0.15) is 26.2 Å². The molecular weight excluding hydrogens is 334 g/mol. The maximum Gasteiger partial charge on any atom is 0.203 e. The first-order valence-corrected chi connectivity index (χ1v) is 8.96. The molecule has 0 amide bonds. The Morgan fingerprint density at radius 1 is 1.12 bits per heavy atom. The molecule has 1 fully saturated rings. The number of nitrogens with one attached hydrogen (secondary N) is 2. The van der Waals surface area contributed by atoms with Crippen LogP contribution in [0.25, 0.3) is 0 Å². The lowest BCUT2D eigenvalue weighted by atomic mass is 10.0. The van der Waals surface area contributed by atoms with Crippen molar-refractivity contribution in [2.75, 3.05) is 53.5 Å². The standard InChI is InChI=1S/C19H31N3O4/c1-6-26-10-9-19(7-8-19)13-21-18(20-2)22-14-11-15(23-3)17(25-5)16(12-14)24-4/h11-12H,6-10,13H2,1-5H3,(H2,20,21,22). The highest BCUT2D eigenvalue weighted by atomic mass is 16.5. The predicted molar refractivity (Wildman–Crippen MR) is 104 cm³/mol. The van der Waals surface area contributed by atoms with Gasteiger partial charge in [-0.15, -0.1) is 0 Å². The summed E-state index contributed by atoms with van der Waals surface area (Å²) in [5.74, 6) is 2.47. The van der Waals surface area contributed by atoms with Gasteiger partial charge in [-0.05, 0) is 31.6 Å². The van der Waals surface area contributed by atoms with E-state index in [1.165, 1.54) is 12.8 Å². The minimum atomic E-state index is 0.335. The maximum atomic E-state index is 5.50. The summed E-state index contributed by atoms with van der Waals surface area (Å²) in [4.78, 5) is 4.31. The van der Waals surface area contributed by atoms with Crippen molar-refractivity contribution >= 4 is 11.6 Å². The van der Waals surface area contributed by atoms with Gasteiger partial charge in [0.05, 0.1) is 21.3 Å². The summed E-state index contributed by atoms with van der Waals surface area (Å²) < 4.78 is 21.6. The maximum absolute atomic E-state index is 5.50. The average molecular weight is 365 g/mol. The summed E-state index contributed by atoms with van der Waals surface area (Å²) in [5, 5.41) is 6.71. The van der Waals surface area contributed by atoms with E-state index >= 15 is 0 Å². The highest BCUT2D eigenvalue weighted by Crippen LogP contribution is 2.48. The third-order valence-electron chi connectivity index (χ3n) is 4.72. The minimum Gasteiger partial charge on any atom is -0.493 e. The number of anilines is 1. The lowest BCUT2D eigenvalue weighted by Crippen LogP contribution is -2.35. The Hall–Kier alpha value is -2.15. The molecule has 1 aromatic carbocycles. The number of guanidine groups is 1. The molecule has 0 atom stereocenters. The largest absolute Gasteiger partial charge is 0.493 e. The Balaban J connectivity index is 2.00. The van der Waals surface area contributed by atoms with Crippen molar-refractivity contribution in [1.29, 1.82) is 0 Å². The Morgan fingerprint density at radius 3 is 2.23 bits per heavy atom. The zero-order valence-corrected chi connectivity index (χ0v) is 16.5. The van der Waals surface area contributed by atoms with Crippen molar-refractivity contribution in [3.05, 3.63) is 12.1 Å². The van der Waals surface area contributed by atoms with Crippen molar-refractivity contribution in [3.8, 4) is 17.2 Å². The van der Waals surface area contributed by atoms with Crippen LogP contribution in [-0.4, -0.2) is 54.1 Å². The number of methoxy groups -OCH3 is 3. The Labute approximate surface area is 156 Å². The predicted octanol–water partition coefficient (Wildman–Crippen LogP) is 2.91. The van der Waals surface area contributed by atoms with Gasteiger partial charge in [0.25, 0.3) is 0 Å². The van der Waals surface area contributed by atoms with Gasteiger partial charge in [-0.1, -0.05) is 0 Å². The first kappa shape index (κ1) is 20.2. The second-order valence-corrected chi connectivity index (χ2v) is 6.41. The highest BCUT2D eigenvalue weighted by molar-refractivity contribution is 5.94. The molecule has 146 valence electrons. The van der Waals surface area contributed by atoms with E-state index in [0.717, 1.165) is 31.9 Å². The van der Waals surface area contributed by atoms with E-state index in [1.54, 1.807) is 28.4 Å². The van der Waals surface area contributed by atoms with E-state index in [0.29, 0.717) is 28.6 Å². The molecule has 1 saturated carbocycles. The van der Waals surface area contributed by atoms with Crippen LogP contribution in [0.2, 0.25) is 0 Å². The third kappa shape index (κ3) is 5.17. The molecule has 1 aliphatic rings. The fourth-order valence-corrected chi connectivity index (χ4v) is 2.87. The monoisotopic (exact) mass is 365 g/mol. The molecule has 2 N–H and O–H groups in total. The summed E-state index contributed by atoms with van der Waals surface area (Å²) >= 11 is 0. The third-order valence-corrected chi connectivity index (χ3v) is 4.72. The van der Waals surface area contributed by atoms with E-state index in [1.807, 2.05) is 19.1 Å². The highest BCUT2D eigenvalue weighted by Gasteiger charge is 2.41. The summed E-state index contributed by atoms with van der Waals surface area (Å²) in [6, 6.07) is 3.71. The number of nitrogens with zero attached hydrogens (tertiary/aromatic N) is 1. The number of ether oxygens (including phenoxy) is 4. The Bertz CT molecular complexity index is 590. The van der Waals surface area contributed by atoms with Gasteiger partial charge in [-0.25, -0.2) is 0 Å². The van der Waals surface area contributed by atoms with Crippen molar-refractivity contribution < 1.29 is 18.9 Å². The summed E-state index contributed by atoms with van der Waals surface area (Å²) in [7, 11) is 6.55. The lowest BCUT2D eigenvalue weighted by molar-refractivity contribution is 0.128. The second kappa shape index (κ2) is 9.52. The minimum absolute atomic E-state index is 0.335. The molecule has 1 aromatic rings. The van der Waals surface area contributed by atoms with Crippen molar-refractivity contribution in [1.82, 2.24) is 5.32 Å². The quantitative estimate of drug-likeness (QED) is 0.377. The van der Waals surface area contributed by atoms with Crippen LogP contribution in [-0.2, 0) is 4.74 Å². The van der Waals surface area contributed by atoms with Crippen molar-refractivity contribution in [2.45, 2.75) is 26.2 Å². The molecule has 26 heavy (non-hydrogen) atoms. The molecule has 0 heterocycles. The molecule has 7 heteroatoms. The van der Waals surface area contributed by atoms with E-state index < -0.39 is 0 Å². The van der Waals surface area contributed by atoms with Crippen LogP contribution >= 0.6 is 0 Å². The molecule has 0 radical (unpaired) electrons. The average Bonchev–Trinajstić information content (AvgIpc) is 3.44. The van der Waals surface area contributed by atoms with Crippen LogP contribution in [0, 0.1) is 5.41 Å². The molecule has 0 saturated heterocycles. The topological polar surface area (TPSA) is 73.3 Å². The molecule has 0 aromatic heterocycles. The van der Waals surface area contributed by atoms with Gasteiger partial charge in [-0.3, -0.25) is 4.99 Å². The Morgan fingerprint density at radius 2 is 1.77 bits per heavy atom. The number of hydrogen-bond acceptors (Lipinski definition) is 5. The van der Waals surface area contributed by atoms with Crippen LogP contribution in [0.4, 0.5) is 5.69 Å². The van der Waals surface area contributed by atoms with Gasteiger partial charge in [0.15, 0.2) is 17.5 Å². The summed E-state index contributed by atoms with van der Waals surface area (Å²) in [6.45, 7) is 4.50. The van der Waals surface area contributed by atoms with Gasteiger partial charge in [-0.2, -0.15) is 0 Å². The molecule has 2 rings (SSSR count). The van der Waals surface area contributed by atoms with Crippen molar-refractivity contribution in [3.63, 3.8) is 0 Å². The number of aliphatic imine (C=N–C) groups is 1. The van der Waals surface area contributed by atoms with E-state index in [9.17, 15) is 0 Å². The molecule has 0 aliphatic heterocycles. The zero-order valence-electron chi connectivity index (χ0n) is 16.5. The van der Waals surface area contributed by atoms with Gasteiger partial charge in [0.2, 0.25) is 5.75 Å². The van der Waals surface area contributed by atoms with Gasteiger partial charge in [0.1, 0.15) is 0 Å². The molecule has 1 aliphatic carbocycles. The smallest absolute Gasteiger partial charge is 0.203 e. The molecule has 0 spiro atoms. The van der Waals surface area contributed by atoms with Crippen LogP contribution in [0.5, 0.6) is 17.2 Å². The van der Waals surface area contributed by atoms with Gasteiger partial charge < -0.3 is 29.6 Å². The second-order valence-electron chi connectivity index (χ2n) is 6.41. The summed E-state index contributed by atoms with van der Waals surface area (Å²) in [5.41, 5.74) is 1.15. The molecule has 7 nitrogen and oxygen atoms in total. The normalized spacial score (nSPS) is 15.3. The van der Waals surface area contributed by atoms with Gasteiger partial charge >= 0.3 is 0 Å². The first-order chi connectivity index (χ1) is 12.6. The summed E-state index contributed by atoms with van der Waals surface area (Å²) in [6.07, 6.45) is 3.54. The lowest BCUT2D eigenvalue weighted by Gasteiger charge is -2.19. The number of hydrogen-bond donors (Lipinski definition) is 2. The van der Waals surface area contributed by atoms with Crippen LogP contribution < -0.4 is 24.8 Å². The molecular formula is C19H31N3O4. The van der Waals surface area contributed by atoms with E-state index in [4.69, 9.17) is 18.9 Å². The molecule has 0 unspecified atom stereocenters. The van der Waals surface area contributed by atoms with Crippen LogP contribution in [0.3, 0.4) is 0 Å². The Kier molecular flexibility index (Phi) is 7.38. The fraction of sp³-hybridized carbons (Fsp3) is 0.632. The first-order valence-electron chi connectivity index (χ1n) is 8.96. The van der Waals surface area contributed by atoms with Crippen LogP contribution in [0.15, 0.2) is 17.1 Å². The van der Waals surface area contributed by atoms with E-state index in [-0.39, 0.29) is 0 Å². The number of rotatable bonds is 10. The van der Waals surface area contributed by atoms with Gasteiger partial charge in [0, 0.05) is 44.6 Å². The SMILES string of the molecule is CCOCCC1(CNC(=NC)Nc2cc(OC)c(OC)c(OC)c2)CC1. The van der Waals surface area contributed by atoms with E-state index in [2.05, 4.69) is 15.6 Å². The number of benzene rings is 1.